The fourth-order valence-corrected chi connectivity index (χ4v) is 3.54. The van der Waals surface area contributed by atoms with E-state index in [-0.39, 0.29) is 11.0 Å². The van der Waals surface area contributed by atoms with Crippen LogP contribution in [0.2, 0.25) is 0 Å². The van der Waals surface area contributed by atoms with E-state index in [4.69, 9.17) is 17.0 Å². The van der Waals surface area contributed by atoms with Crippen LogP contribution in [0.25, 0.3) is 6.08 Å². The number of nitrogens with zero attached hydrogens (tertiary/aromatic N) is 3. The number of hydrogen-bond acceptors (Lipinski definition) is 6. The van der Waals surface area contributed by atoms with Crippen molar-refractivity contribution < 1.29 is 9.53 Å². The third-order valence-corrected chi connectivity index (χ3v) is 5.19. The van der Waals surface area contributed by atoms with Crippen LogP contribution in [-0.2, 0) is 10.5 Å². The van der Waals surface area contributed by atoms with Crippen LogP contribution in [0.3, 0.4) is 0 Å². The molecule has 0 saturated carbocycles. The summed E-state index contributed by atoms with van der Waals surface area (Å²) in [6.07, 6.45) is 3.11. The monoisotopic (exact) mass is 439 g/mol. The summed E-state index contributed by atoms with van der Waals surface area (Å²) in [4.78, 5) is 12.2. The Hall–Kier alpha value is -3.17. The fourth-order valence-electron chi connectivity index (χ4n) is 2.46. The van der Waals surface area contributed by atoms with Crippen LogP contribution >= 0.6 is 24.0 Å². The quantitative estimate of drug-likeness (QED) is 0.331. The molecule has 9 heteroatoms. The lowest BCUT2D eigenvalue weighted by Gasteiger charge is -2.12. The van der Waals surface area contributed by atoms with E-state index >= 15 is 0 Å². The highest BCUT2D eigenvalue weighted by Crippen LogP contribution is 2.20. The summed E-state index contributed by atoms with van der Waals surface area (Å²) < 4.78 is 6.77. The van der Waals surface area contributed by atoms with E-state index in [9.17, 15) is 4.79 Å². The molecule has 2 N–H and O–H groups in total. The van der Waals surface area contributed by atoms with E-state index in [1.165, 1.54) is 23.4 Å². The maximum Gasteiger partial charge on any atom is 0.250 e. The summed E-state index contributed by atoms with van der Waals surface area (Å²) in [5.74, 6) is 1.79. The van der Waals surface area contributed by atoms with Gasteiger partial charge in [0.25, 0.3) is 0 Å². The van der Waals surface area contributed by atoms with Crippen LogP contribution in [-0.4, -0.2) is 33.0 Å². The van der Waals surface area contributed by atoms with Gasteiger partial charge in [0.05, 0.1) is 7.11 Å². The first-order valence-corrected chi connectivity index (χ1v) is 10.5. The van der Waals surface area contributed by atoms with Crippen LogP contribution < -0.4 is 15.5 Å². The van der Waals surface area contributed by atoms with Crippen molar-refractivity contribution in [3.05, 3.63) is 77.6 Å². The van der Waals surface area contributed by atoms with Gasteiger partial charge in [0, 0.05) is 11.8 Å². The van der Waals surface area contributed by atoms with Gasteiger partial charge in [-0.25, -0.2) is 4.68 Å². The van der Waals surface area contributed by atoms with E-state index < -0.39 is 0 Å². The molecule has 0 aliphatic rings. The number of methoxy groups -OCH3 is 1. The number of thioether (sulfide) groups is 1. The van der Waals surface area contributed by atoms with Gasteiger partial charge in [0.1, 0.15) is 11.6 Å². The number of amides is 1. The SMILES string of the molecule is COc1ccc(/C=C/C(=O)NC(=S)Nn2c(C)nnc2SCc2ccccc2)cc1. The second-order valence-corrected chi connectivity index (χ2v) is 7.53. The molecular formula is C21H21N5O2S2. The number of aromatic nitrogens is 3. The molecule has 0 bridgehead atoms. The molecule has 1 amide bonds. The van der Waals surface area contributed by atoms with E-state index in [1.807, 2.05) is 54.6 Å². The number of thiocarbonyl (C=S) groups is 1. The van der Waals surface area contributed by atoms with Crippen LogP contribution in [0.1, 0.15) is 17.0 Å². The lowest BCUT2D eigenvalue weighted by atomic mass is 10.2. The average Bonchev–Trinajstić information content (AvgIpc) is 3.11. The van der Waals surface area contributed by atoms with Gasteiger partial charge >= 0.3 is 0 Å². The molecule has 0 aliphatic heterocycles. The second kappa shape index (κ2) is 10.6. The second-order valence-electron chi connectivity index (χ2n) is 6.18. The van der Waals surface area contributed by atoms with E-state index in [0.29, 0.717) is 11.0 Å². The van der Waals surface area contributed by atoms with Gasteiger partial charge in [-0.15, -0.1) is 10.2 Å². The molecule has 0 saturated heterocycles. The minimum atomic E-state index is -0.340. The highest BCUT2D eigenvalue weighted by atomic mass is 32.2. The minimum Gasteiger partial charge on any atom is -0.497 e. The summed E-state index contributed by atoms with van der Waals surface area (Å²) >= 11 is 6.78. The fraction of sp³-hybridized carbons (Fsp3) is 0.143. The number of ether oxygens (including phenoxy) is 1. The Balaban J connectivity index is 1.55. The van der Waals surface area contributed by atoms with Crippen LogP contribution in [0.4, 0.5) is 0 Å². The summed E-state index contributed by atoms with van der Waals surface area (Å²) in [6, 6.07) is 17.4. The Bertz CT molecular complexity index is 1030. The van der Waals surface area contributed by atoms with Crippen molar-refractivity contribution in [2.24, 2.45) is 0 Å². The summed E-state index contributed by atoms with van der Waals surface area (Å²) in [5, 5.41) is 11.7. The zero-order chi connectivity index (χ0) is 21.3. The van der Waals surface area contributed by atoms with Crippen molar-refractivity contribution in [3.63, 3.8) is 0 Å². The minimum absolute atomic E-state index is 0.156. The van der Waals surface area contributed by atoms with Gasteiger partial charge in [0.15, 0.2) is 5.11 Å². The first-order chi connectivity index (χ1) is 14.5. The Morgan fingerprint density at radius 1 is 1.17 bits per heavy atom. The topological polar surface area (TPSA) is 81.1 Å². The van der Waals surface area contributed by atoms with Crippen molar-refractivity contribution in [2.75, 3.05) is 12.5 Å². The number of benzene rings is 2. The van der Waals surface area contributed by atoms with Crippen molar-refractivity contribution in [3.8, 4) is 5.75 Å². The number of hydrogen-bond donors (Lipinski definition) is 2. The lowest BCUT2D eigenvalue weighted by molar-refractivity contribution is -0.115. The molecule has 0 unspecified atom stereocenters. The average molecular weight is 440 g/mol. The number of rotatable bonds is 7. The number of carbonyl (C=O) groups excluding carboxylic acids is 1. The van der Waals surface area contributed by atoms with E-state index in [0.717, 1.165) is 17.1 Å². The predicted molar refractivity (Wildman–Crippen MR) is 123 cm³/mol. The van der Waals surface area contributed by atoms with E-state index in [1.54, 1.807) is 24.8 Å². The predicted octanol–water partition coefficient (Wildman–Crippen LogP) is 3.55. The highest BCUT2D eigenvalue weighted by Gasteiger charge is 2.12. The molecule has 0 spiro atoms. The molecule has 1 heterocycles. The van der Waals surface area contributed by atoms with Crippen LogP contribution in [0.5, 0.6) is 5.75 Å². The third kappa shape index (κ3) is 6.16. The molecule has 3 rings (SSSR count). The van der Waals surface area contributed by atoms with Gasteiger partial charge in [-0.2, -0.15) is 0 Å². The molecule has 7 nitrogen and oxygen atoms in total. The number of nitrogens with one attached hydrogen (secondary N) is 2. The van der Waals surface area contributed by atoms with Crippen LogP contribution in [0, 0.1) is 6.92 Å². The maximum absolute atomic E-state index is 12.2. The molecule has 30 heavy (non-hydrogen) atoms. The standard InChI is InChI=1S/C21H21N5O2S2/c1-15-23-24-21(30-14-17-6-4-3-5-7-17)26(15)25-20(29)22-19(27)13-10-16-8-11-18(28-2)12-9-16/h3-13H,14H2,1-2H3,(H2,22,25,27,29)/b13-10+. The Kier molecular flexibility index (Phi) is 7.58. The zero-order valence-corrected chi connectivity index (χ0v) is 18.2. The first-order valence-electron chi connectivity index (χ1n) is 9.08. The van der Waals surface area contributed by atoms with Gasteiger partial charge in [-0.1, -0.05) is 54.2 Å². The normalized spacial score (nSPS) is 10.7. The lowest BCUT2D eigenvalue weighted by Crippen LogP contribution is -2.37. The third-order valence-electron chi connectivity index (χ3n) is 4.00. The molecule has 2 aromatic carbocycles. The Labute approximate surface area is 184 Å². The van der Waals surface area contributed by atoms with Gasteiger partial charge < -0.3 is 4.74 Å². The van der Waals surface area contributed by atoms with Gasteiger partial charge in [0.2, 0.25) is 11.1 Å². The van der Waals surface area contributed by atoms with Gasteiger partial charge in [-0.05, 0) is 48.5 Å². The highest BCUT2D eigenvalue weighted by molar-refractivity contribution is 7.98. The van der Waals surface area contributed by atoms with Crippen molar-refractivity contribution in [2.45, 2.75) is 17.8 Å². The van der Waals surface area contributed by atoms with Crippen molar-refractivity contribution in [1.29, 1.82) is 0 Å². The number of aryl methyl sites for hydroxylation is 1. The molecular weight excluding hydrogens is 418 g/mol. The molecule has 0 fully saturated rings. The molecule has 0 aliphatic carbocycles. The molecule has 0 radical (unpaired) electrons. The molecule has 3 aromatic rings. The number of carbonyl (C=O) groups is 1. The molecule has 1 aromatic heterocycles. The van der Waals surface area contributed by atoms with Crippen molar-refractivity contribution in [1.82, 2.24) is 20.2 Å². The molecule has 154 valence electrons. The summed E-state index contributed by atoms with van der Waals surface area (Å²) in [5.41, 5.74) is 5.01. The maximum atomic E-state index is 12.2. The zero-order valence-electron chi connectivity index (χ0n) is 16.5. The van der Waals surface area contributed by atoms with Gasteiger partial charge in [-0.3, -0.25) is 15.5 Å². The Morgan fingerprint density at radius 3 is 2.60 bits per heavy atom. The van der Waals surface area contributed by atoms with Crippen molar-refractivity contribution >= 4 is 41.1 Å². The molecule has 0 atom stereocenters. The smallest absolute Gasteiger partial charge is 0.250 e. The van der Waals surface area contributed by atoms with Crippen LogP contribution in [0.15, 0.2) is 65.8 Å². The summed E-state index contributed by atoms with van der Waals surface area (Å²) in [7, 11) is 1.61. The first kappa shape index (κ1) is 21.5. The Morgan fingerprint density at radius 2 is 1.90 bits per heavy atom. The largest absolute Gasteiger partial charge is 0.497 e. The summed E-state index contributed by atoms with van der Waals surface area (Å²) in [6.45, 7) is 1.81. The van der Waals surface area contributed by atoms with E-state index in [2.05, 4.69) is 20.9 Å².